The Morgan fingerprint density at radius 2 is 2.08 bits per heavy atom. The zero-order chi connectivity index (χ0) is 17.4. The van der Waals surface area contributed by atoms with Gasteiger partial charge in [0.2, 0.25) is 5.91 Å². The van der Waals surface area contributed by atoms with Gasteiger partial charge in [-0.2, -0.15) is 5.26 Å². The van der Waals surface area contributed by atoms with E-state index in [0.717, 1.165) is 17.0 Å². The second kappa shape index (κ2) is 8.90. The number of nitrogens with one attached hydrogen (secondary N) is 1. The Hall–Kier alpha value is -2.58. The van der Waals surface area contributed by atoms with E-state index < -0.39 is 0 Å². The number of nitrogens with zero attached hydrogens (tertiary/aromatic N) is 2. The lowest BCUT2D eigenvalue weighted by Gasteiger charge is -2.20. The number of furan rings is 1. The molecular weight excluding hydrogens is 302 g/mol. The van der Waals surface area contributed by atoms with Gasteiger partial charge in [-0.05, 0) is 29.7 Å². The van der Waals surface area contributed by atoms with Gasteiger partial charge in [0.05, 0.1) is 25.4 Å². The van der Waals surface area contributed by atoms with Gasteiger partial charge >= 0.3 is 0 Å². The highest BCUT2D eigenvalue weighted by atomic mass is 16.3. The van der Waals surface area contributed by atoms with E-state index in [1.54, 1.807) is 6.26 Å². The van der Waals surface area contributed by atoms with Crippen LogP contribution in [-0.4, -0.2) is 23.9 Å². The van der Waals surface area contributed by atoms with Crippen molar-refractivity contribution in [1.29, 1.82) is 5.26 Å². The number of hydrogen-bond donors (Lipinski definition) is 1. The third-order valence-corrected chi connectivity index (χ3v) is 3.72. The number of carbonyl (C=O) groups is 1. The van der Waals surface area contributed by atoms with Crippen molar-refractivity contribution in [3.8, 4) is 6.07 Å². The van der Waals surface area contributed by atoms with Gasteiger partial charge < -0.3 is 9.73 Å². The minimum Gasteiger partial charge on any atom is -0.468 e. The van der Waals surface area contributed by atoms with Crippen LogP contribution in [-0.2, 0) is 11.3 Å². The zero-order valence-corrected chi connectivity index (χ0v) is 14.2. The van der Waals surface area contributed by atoms with Crippen molar-refractivity contribution in [3.05, 3.63) is 54.0 Å². The van der Waals surface area contributed by atoms with Crippen molar-refractivity contribution < 1.29 is 9.21 Å². The summed E-state index contributed by atoms with van der Waals surface area (Å²) in [4.78, 5) is 14.3. The molecule has 0 saturated carbocycles. The topological polar surface area (TPSA) is 69.3 Å². The lowest BCUT2D eigenvalue weighted by Crippen LogP contribution is -2.33. The predicted molar refractivity (Wildman–Crippen MR) is 93.4 cm³/mol. The number of carbonyl (C=O) groups excluding carboxylic acids is 1. The zero-order valence-electron chi connectivity index (χ0n) is 14.2. The molecule has 0 spiro atoms. The molecule has 2 rings (SSSR count). The molecule has 0 aliphatic carbocycles. The average Bonchev–Trinajstić information content (AvgIpc) is 3.05. The van der Waals surface area contributed by atoms with Crippen LogP contribution in [0.1, 0.15) is 37.5 Å². The highest BCUT2D eigenvalue weighted by Gasteiger charge is 2.14. The third-order valence-electron chi connectivity index (χ3n) is 3.72. The van der Waals surface area contributed by atoms with Crippen LogP contribution in [0.3, 0.4) is 0 Å². The standard InChI is InChI=1S/C19H23N3O2/c1-15(2)17-8-3-4-9-18(17)21-19(23)14-22(11-6-10-20)13-16-7-5-12-24-16/h3-5,7-9,12,15H,6,11,13-14H2,1-2H3,(H,21,23). The van der Waals surface area contributed by atoms with Gasteiger partial charge in [-0.3, -0.25) is 9.69 Å². The SMILES string of the molecule is CC(C)c1ccccc1NC(=O)CN(CCC#N)Cc1ccco1. The summed E-state index contributed by atoms with van der Waals surface area (Å²) in [5, 5.41) is 11.8. The van der Waals surface area contributed by atoms with Crippen LogP contribution >= 0.6 is 0 Å². The van der Waals surface area contributed by atoms with Crippen molar-refractivity contribution in [2.75, 3.05) is 18.4 Å². The second-order valence-electron chi connectivity index (χ2n) is 5.99. The number of para-hydroxylation sites is 1. The van der Waals surface area contributed by atoms with Gasteiger partial charge in [-0.25, -0.2) is 0 Å². The van der Waals surface area contributed by atoms with E-state index in [0.29, 0.717) is 25.4 Å². The summed E-state index contributed by atoms with van der Waals surface area (Å²) < 4.78 is 5.34. The molecule has 0 aliphatic heterocycles. The summed E-state index contributed by atoms with van der Waals surface area (Å²) in [6, 6.07) is 13.6. The Bertz CT molecular complexity index is 687. The maximum atomic E-state index is 12.4. The predicted octanol–water partition coefficient (Wildman–Crippen LogP) is 3.76. The molecule has 0 unspecified atom stereocenters. The third kappa shape index (κ3) is 5.25. The molecule has 1 aromatic carbocycles. The van der Waals surface area contributed by atoms with Crippen molar-refractivity contribution >= 4 is 11.6 Å². The van der Waals surface area contributed by atoms with E-state index in [-0.39, 0.29) is 12.5 Å². The van der Waals surface area contributed by atoms with Crippen LogP contribution in [0.2, 0.25) is 0 Å². The molecule has 5 heteroatoms. The van der Waals surface area contributed by atoms with E-state index in [9.17, 15) is 4.79 Å². The van der Waals surface area contributed by atoms with Gasteiger partial charge in [-0.1, -0.05) is 32.0 Å². The first kappa shape index (κ1) is 17.8. The summed E-state index contributed by atoms with van der Waals surface area (Å²) in [5.41, 5.74) is 1.95. The molecule has 5 nitrogen and oxygen atoms in total. The normalized spacial score (nSPS) is 10.8. The fraction of sp³-hybridized carbons (Fsp3) is 0.368. The van der Waals surface area contributed by atoms with E-state index in [1.165, 1.54) is 0 Å². The highest BCUT2D eigenvalue weighted by Crippen LogP contribution is 2.23. The first-order chi connectivity index (χ1) is 11.6. The Kier molecular flexibility index (Phi) is 6.59. The number of nitriles is 1. The first-order valence-electron chi connectivity index (χ1n) is 8.10. The van der Waals surface area contributed by atoms with E-state index in [1.807, 2.05) is 41.3 Å². The fourth-order valence-electron chi connectivity index (χ4n) is 2.55. The molecule has 0 fully saturated rings. The van der Waals surface area contributed by atoms with Crippen molar-refractivity contribution in [1.82, 2.24) is 4.90 Å². The molecule has 126 valence electrons. The summed E-state index contributed by atoms with van der Waals surface area (Å²) in [6.45, 7) is 5.45. The Morgan fingerprint density at radius 1 is 1.29 bits per heavy atom. The van der Waals surface area contributed by atoms with Crippen molar-refractivity contribution in [3.63, 3.8) is 0 Å². The summed E-state index contributed by atoms with van der Waals surface area (Å²) in [6.07, 6.45) is 1.98. The average molecular weight is 325 g/mol. The van der Waals surface area contributed by atoms with Gasteiger partial charge in [-0.15, -0.1) is 0 Å². The molecule has 1 aromatic heterocycles. The number of benzene rings is 1. The molecule has 1 N–H and O–H groups in total. The first-order valence-corrected chi connectivity index (χ1v) is 8.10. The number of hydrogen-bond acceptors (Lipinski definition) is 4. The summed E-state index contributed by atoms with van der Waals surface area (Å²) in [5.74, 6) is 1.02. The lowest BCUT2D eigenvalue weighted by atomic mass is 10.0. The number of rotatable bonds is 8. The molecule has 0 radical (unpaired) electrons. The van der Waals surface area contributed by atoms with Crippen LogP contribution in [0.4, 0.5) is 5.69 Å². The Labute approximate surface area is 142 Å². The highest BCUT2D eigenvalue weighted by molar-refractivity contribution is 5.93. The monoisotopic (exact) mass is 325 g/mol. The minimum absolute atomic E-state index is 0.0902. The van der Waals surface area contributed by atoms with Gasteiger partial charge in [0.15, 0.2) is 0 Å². The smallest absolute Gasteiger partial charge is 0.238 e. The fourth-order valence-corrected chi connectivity index (χ4v) is 2.55. The summed E-state index contributed by atoms with van der Waals surface area (Å²) in [7, 11) is 0. The Balaban J connectivity index is 2.01. The molecule has 24 heavy (non-hydrogen) atoms. The molecule has 2 aromatic rings. The van der Waals surface area contributed by atoms with E-state index in [4.69, 9.17) is 9.68 Å². The largest absolute Gasteiger partial charge is 0.468 e. The van der Waals surface area contributed by atoms with E-state index in [2.05, 4.69) is 25.2 Å². The molecule has 0 atom stereocenters. The second-order valence-corrected chi connectivity index (χ2v) is 5.99. The maximum Gasteiger partial charge on any atom is 0.238 e. The minimum atomic E-state index is -0.0902. The molecule has 1 heterocycles. The number of anilines is 1. The van der Waals surface area contributed by atoms with Gasteiger partial charge in [0.1, 0.15) is 5.76 Å². The van der Waals surface area contributed by atoms with Crippen LogP contribution in [0.15, 0.2) is 47.1 Å². The van der Waals surface area contributed by atoms with Crippen LogP contribution in [0, 0.1) is 11.3 Å². The summed E-state index contributed by atoms with van der Waals surface area (Å²) >= 11 is 0. The molecular formula is C19H23N3O2. The van der Waals surface area contributed by atoms with Crippen LogP contribution in [0.25, 0.3) is 0 Å². The van der Waals surface area contributed by atoms with E-state index >= 15 is 0 Å². The lowest BCUT2D eigenvalue weighted by molar-refractivity contribution is -0.117. The van der Waals surface area contributed by atoms with Crippen molar-refractivity contribution in [2.45, 2.75) is 32.7 Å². The van der Waals surface area contributed by atoms with Crippen LogP contribution < -0.4 is 5.32 Å². The van der Waals surface area contributed by atoms with Gasteiger partial charge in [0.25, 0.3) is 0 Å². The van der Waals surface area contributed by atoms with Crippen LogP contribution in [0.5, 0.6) is 0 Å². The number of amides is 1. The Morgan fingerprint density at radius 3 is 2.75 bits per heavy atom. The van der Waals surface area contributed by atoms with Gasteiger partial charge in [0, 0.05) is 18.7 Å². The van der Waals surface area contributed by atoms with Crippen molar-refractivity contribution in [2.24, 2.45) is 0 Å². The quantitative estimate of drug-likeness (QED) is 0.802. The molecule has 1 amide bonds. The molecule has 0 bridgehead atoms. The maximum absolute atomic E-state index is 12.4. The molecule has 0 saturated heterocycles. The molecule has 0 aliphatic rings.